The van der Waals surface area contributed by atoms with Crippen LogP contribution < -0.4 is 5.32 Å². The number of nitrogens with one attached hydrogen (secondary N) is 1. The Morgan fingerprint density at radius 2 is 1.87 bits per heavy atom. The van der Waals surface area contributed by atoms with E-state index in [9.17, 15) is 18.3 Å². The third-order valence-corrected chi connectivity index (χ3v) is 8.22. The summed E-state index contributed by atoms with van der Waals surface area (Å²) in [6.07, 6.45) is 0. The molecule has 9 heteroatoms. The normalized spacial score (nSPS) is 21.7. The molecule has 158 valence electrons. The summed E-state index contributed by atoms with van der Waals surface area (Å²) in [5.74, 6) is 0.143. The number of sulfone groups is 1. The van der Waals surface area contributed by atoms with Crippen molar-refractivity contribution in [3.63, 3.8) is 0 Å². The van der Waals surface area contributed by atoms with Gasteiger partial charge in [-0.2, -0.15) is 0 Å². The summed E-state index contributed by atoms with van der Waals surface area (Å²) in [7, 11) is -2.97. The number of nitrogens with zero attached hydrogens (tertiary/aromatic N) is 2. The number of rotatable bonds is 6. The van der Waals surface area contributed by atoms with E-state index in [1.54, 1.807) is 29.2 Å². The van der Waals surface area contributed by atoms with Gasteiger partial charge in [0.1, 0.15) is 0 Å². The fourth-order valence-corrected chi connectivity index (χ4v) is 7.27. The number of hydrogen-bond acceptors (Lipinski definition) is 7. The van der Waals surface area contributed by atoms with Crippen molar-refractivity contribution < 1.29 is 18.3 Å². The van der Waals surface area contributed by atoms with Crippen molar-refractivity contribution in [1.29, 1.82) is 0 Å². The quantitative estimate of drug-likeness (QED) is 0.706. The fraction of sp³-hybridized carbons (Fsp3) is 0.333. The van der Waals surface area contributed by atoms with E-state index in [2.05, 4.69) is 10.3 Å². The number of carbonyl (C=O) groups is 1. The summed E-state index contributed by atoms with van der Waals surface area (Å²) in [6.45, 7) is 0.583. The predicted molar refractivity (Wildman–Crippen MR) is 120 cm³/mol. The van der Waals surface area contributed by atoms with Gasteiger partial charge in [0.05, 0.1) is 24.2 Å². The standard InChI is InChI=1S/C21H23N3O4S2/c25-11-10-24(12-15-4-2-1-3-5-15)20(26)16-6-8-17(9-7-16)22-21-23-18-13-30(27,28)14-19(18)29-21/h1-9,18-19,25H,10-14H2,(H,22,23)/t18-,19+/m1/s1. The van der Waals surface area contributed by atoms with E-state index >= 15 is 0 Å². The van der Waals surface area contributed by atoms with Crippen LogP contribution in [0.3, 0.4) is 0 Å². The lowest BCUT2D eigenvalue weighted by atomic mass is 10.1. The zero-order valence-corrected chi connectivity index (χ0v) is 17.9. The lowest BCUT2D eigenvalue weighted by Crippen LogP contribution is -2.33. The molecule has 0 spiro atoms. The molecule has 1 fully saturated rings. The first-order valence-electron chi connectivity index (χ1n) is 9.69. The topological polar surface area (TPSA) is 99.1 Å². The highest BCUT2D eigenvalue weighted by molar-refractivity contribution is 8.15. The van der Waals surface area contributed by atoms with Crippen molar-refractivity contribution in [2.45, 2.75) is 17.8 Å². The van der Waals surface area contributed by atoms with Crippen LogP contribution in [0.2, 0.25) is 0 Å². The highest BCUT2D eigenvalue weighted by Crippen LogP contribution is 2.34. The number of thioether (sulfide) groups is 1. The number of anilines is 1. The molecule has 4 rings (SSSR count). The molecule has 2 atom stereocenters. The predicted octanol–water partition coefficient (Wildman–Crippen LogP) is 2.00. The molecule has 2 heterocycles. The molecule has 2 aliphatic rings. The number of carbonyl (C=O) groups excluding carboxylic acids is 1. The fourth-order valence-electron chi connectivity index (χ4n) is 3.60. The second kappa shape index (κ2) is 8.79. The maximum absolute atomic E-state index is 12.9. The van der Waals surface area contributed by atoms with Crippen LogP contribution in [-0.2, 0) is 16.4 Å². The first kappa shape index (κ1) is 20.9. The van der Waals surface area contributed by atoms with Crippen LogP contribution in [0.15, 0.2) is 59.6 Å². The lowest BCUT2D eigenvalue weighted by molar-refractivity contribution is 0.0708. The molecule has 2 aliphatic heterocycles. The zero-order valence-electron chi connectivity index (χ0n) is 16.3. The van der Waals surface area contributed by atoms with E-state index in [0.29, 0.717) is 17.3 Å². The molecule has 1 amide bonds. The molecule has 30 heavy (non-hydrogen) atoms. The molecule has 2 aromatic rings. The van der Waals surface area contributed by atoms with Crippen molar-refractivity contribution in [3.8, 4) is 0 Å². The maximum atomic E-state index is 12.9. The summed E-state index contributed by atoms with van der Waals surface area (Å²) < 4.78 is 23.3. The molecule has 0 unspecified atom stereocenters. The summed E-state index contributed by atoms with van der Waals surface area (Å²) in [5, 5.41) is 13.3. The van der Waals surface area contributed by atoms with Gasteiger partial charge in [-0.1, -0.05) is 42.1 Å². The molecule has 0 bridgehead atoms. The first-order chi connectivity index (χ1) is 14.4. The van der Waals surface area contributed by atoms with Crippen molar-refractivity contribution in [2.24, 2.45) is 4.99 Å². The van der Waals surface area contributed by atoms with Crippen LogP contribution in [-0.4, -0.2) is 65.4 Å². The molecule has 0 aliphatic carbocycles. The van der Waals surface area contributed by atoms with Crippen molar-refractivity contribution in [2.75, 3.05) is 30.0 Å². The number of aliphatic hydroxyl groups excluding tert-OH is 1. The Hall–Kier alpha value is -2.36. The van der Waals surface area contributed by atoms with Crippen LogP contribution >= 0.6 is 11.8 Å². The number of aliphatic hydroxyl groups is 1. The molecule has 2 aromatic carbocycles. The summed E-state index contributed by atoms with van der Waals surface area (Å²) in [4.78, 5) is 19.0. The van der Waals surface area contributed by atoms with Gasteiger partial charge in [-0.3, -0.25) is 9.79 Å². The number of amidine groups is 1. The molecule has 2 N–H and O–H groups in total. The zero-order chi connectivity index (χ0) is 21.1. The SMILES string of the molecule is O=C(c1ccc(NC2=N[C@@H]3CS(=O)(=O)C[C@@H]3S2)cc1)N(CCO)Cc1ccccc1. The van der Waals surface area contributed by atoms with Crippen molar-refractivity contribution in [3.05, 3.63) is 65.7 Å². The Bertz CT molecular complexity index is 1040. The van der Waals surface area contributed by atoms with Gasteiger partial charge < -0.3 is 15.3 Å². The third-order valence-electron chi connectivity index (χ3n) is 5.07. The summed E-state index contributed by atoms with van der Waals surface area (Å²) >= 11 is 1.46. The molecule has 1 saturated heterocycles. The van der Waals surface area contributed by atoms with Gasteiger partial charge in [0, 0.05) is 29.6 Å². The maximum Gasteiger partial charge on any atom is 0.254 e. The highest BCUT2D eigenvalue weighted by atomic mass is 32.2. The Balaban J connectivity index is 1.40. The summed E-state index contributed by atoms with van der Waals surface area (Å²) in [5.41, 5.74) is 2.33. The smallest absolute Gasteiger partial charge is 0.254 e. The van der Waals surface area contributed by atoms with E-state index < -0.39 is 9.84 Å². The Labute approximate surface area is 180 Å². The van der Waals surface area contributed by atoms with Crippen molar-refractivity contribution in [1.82, 2.24) is 4.90 Å². The van der Waals surface area contributed by atoms with Crippen LogP contribution in [0.5, 0.6) is 0 Å². The van der Waals surface area contributed by atoms with Gasteiger partial charge in [-0.25, -0.2) is 8.42 Å². The number of aliphatic imine (C=N–C) groups is 1. The lowest BCUT2D eigenvalue weighted by Gasteiger charge is -2.22. The Morgan fingerprint density at radius 1 is 1.13 bits per heavy atom. The minimum Gasteiger partial charge on any atom is -0.395 e. The van der Waals surface area contributed by atoms with Gasteiger partial charge in [-0.05, 0) is 29.8 Å². The highest BCUT2D eigenvalue weighted by Gasteiger charge is 2.42. The average molecular weight is 446 g/mol. The molecule has 0 radical (unpaired) electrons. The monoisotopic (exact) mass is 445 g/mol. The number of amides is 1. The van der Waals surface area contributed by atoms with Crippen LogP contribution in [0, 0.1) is 0 Å². The minimum atomic E-state index is -2.97. The molecule has 7 nitrogen and oxygen atoms in total. The summed E-state index contributed by atoms with van der Waals surface area (Å²) in [6, 6.07) is 16.6. The molecule has 0 aromatic heterocycles. The van der Waals surface area contributed by atoms with Gasteiger partial charge >= 0.3 is 0 Å². The Kier molecular flexibility index (Phi) is 6.12. The second-order valence-electron chi connectivity index (χ2n) is 7.37. The number of benzene rings is 2. The van der Waals surface area contributed by atoms with Gasteiger partial charge in [0.2, 0.25) is 0 Å². The van der Waals surface area contributed by atoms with Gasteiger partial charge in [0.25, 0.3) is 5.91 Å². The van der Waals surface area contributed by atoms with E-state index in [1.165, 1.54) is 11.8 Å². The second-order valence-corrected chi connectivity index (χ2v) is 10.8. The average Bonchev–Trinajstić information content (AvgIpc) is 3.21. The van der Waals surface area contributed by atoms with E-state index in [4.69, 9.17) is 0 Å². The van der Waals surface area contributed by atoms with Crippen LogP contribution in [0.1, 0.15) is 15.9 Å². The Morgan fingerprint density at radius 3 is 2.53 bits per heavy atom. The number of fused-ring (bicyclic) bond motifs is 1. The van der Waals surface area contributed by atoms with E-state index in [-0.39, 0.29) is 41.9 Å². The van der Waals surface area contributed by atoms with Crippen LogP contribution in [0.4, 0.5) is 5.69 Å². The largest absolute Gasteiger partial charge is 0.395 e. The van der Waals surface area contributed by atoms with Crippen molar-refractivity contribution >= 4 is 38.4 Å². The molecule has 0 saturated carbocycles. The van der Waals surface area contributed by atoms with Crippen LogP contribution in [0.25, 0.3) is 0 Å². The third kappa shape index (κ3) is 4.85. The first-order valence-corrected chi connectivity index (χ1v) is 12.4. The van der Waals surface area contributed by atoms with Gasteiger partial charge in [-0.15, -0.1) is 0 Å². The minimum absolute atomic E-state index is 0.0108. The van der Waals surface area contributed by atoms with E-state index in [1.807, 2.05) is 30.3 Å². The molecular formula is C21H23N3O4S2. The van der Waals surface area contributed by atoms with E-state index in [0.717, 1.165) is 11.3 Å². The number of hydrogen-bond donors (Lipinski definition) is 2. The van der Waals surface area contributed by atoms with Gasteiger partial charge in [0.15, 0.2) is 15.0 Å². The molecular weight excluding hydrogens is 422 g/mol.